The lowest BCUT2D eigenvalue weighted by Gasteiger charge is -2.43. The van der Waals surface area contributed by atoms with Gasteiger partial charge in [0.15, 0.2) is 0 Å². The highest BCUT2D eigenvalue weighted by molar-refractivity contribution is 5.88. The fraction of sp³-hybridized carbons (Fsp3) is 0.533. The van der Waals surface area contributed by atoms with Crippen LogP contribution in [-0.4, -0.2) is 17.5 Å². The van der Waals surface area contributed by atoms with E-state index < -0.39 is 0 Å². The quantitative estimate of drug-likeness (QED) is 0.483. The molecular formula is C30H46N2. The van der Waals surface area contributed by atoms with Crippen molar-refractivity contribution in [2.45, 2.75) is 85.6 Å². The highest BCUT2D eigenvalue weighted by Crippen LogP contribution is 2.42. The van der Waals surface area contributed by atoms with Gasteiger partial charge in [0.2, 0.25) is 0 Å². The van der Waals surface area contributed by atoms with Crippen molar-refractivity contribution < 1.29 is 0 Å². The maximum Gasteiger partial charge on any atom is 0.0417 e. The third-order valence-corrected chi connectivity index (χ3v) is 6.80. The SMILES string of the molecule is C=C(C)NCCC1CC1.C=CC1=C(C)N(C2CCC(C)CC2)C(=C)c2ccccc21.CC. The highest BCUT2D eigenvalue weighted by Gasteiger charge is 2.31. The van der Waals surface area contributed by atoms with E-state index in [9.17, 15) is 0 Å². The van der Waals surface area contributed by atoms with Gasteiger partial charge in [-0.25, -0.2) is 0 Å². The zero-order valence-corrected chi connectivity index (χ0v) is 21.3. The molecule has 0 aromatic heterocycles. The van der Waals surface area contributed by atoms with Gasteiger partial charge in [0.1, 0.15) is 0 Å². The molecule has 176 valence electrons. The van der Waals surface area contributed by atoms with Crippen LogP contribution < -0.4 is 5.32 Å². The zero-order chi connectivity index (χ0) is 23.7. The molecule has 0 bridgehead atoms. The van der Waals surface area contributed by atoms with E-state index in [1.54, 1.807) is 0 Å². The normalized spacial score (nSPS) is 22.0. The standard InChI is InChI=1S/C20H25N.C8H15N.C2H6/c1-5-18-15(3)21(17-12-10-14(2)11-13-17)16(4)19-8-6-7-9-20(18)19;1-7(2)9-6-5-8-3-4-8;1-2/h5-9,14,17H,1,4,10-13H2,2-3H3;8-9H,1,3-6H2,2H3;1-2H3. The molecule has 0 unspecified atom stereocenters. The lowest BCUT2D eigenvalue weighted by atomic mass is 9.83. The summed E-state index contributed by atoms with van der Waals surface area (Å²) in [6, 6.07) is 9.16. The van der Waals surface area contributed by atoms with Crippen LogP contribution in [0.1, 0.15) is 90.7 Å². The van der Waals surface area contributed by atoms with Crippen molar-refractivity contribution in [3.05, 3.63) is 72.6 Å². The van der Waals surface area contributed by atoms with Gasteiger partial charge >= 0.3 is 0 Å². The highest BCUT2D eigenvalue weighted by atomic mass is 15.2. The van der Waals surface area contributed by atoms with E-state index in [4.69, 9.17) is 0 Å². The van der Waals surface area contributed by atoms with Crippen LogP contribution in [0.25, 0.3) is 11.3 Å². The minimum absolute atomic E-state index is 0.594. The molecule has 1 aromatic rings. The molecule has 1 heterocycles. The molecule has 4 rings (SSSR count). The second-order valence-corrected chi connectivity index (χ2v) is 9.42. The van der Waals surface area contributed by atoms with E-state index in [1.807, 2.05) is 26.8 Å². The van der Waals surface area contributed by atoms with Crippen molar-refractivity contribution in [1.29, 1.82) is 0 Å². The second kappa shape index (κ2) is 12.7. The Kier molecular flexibility index (Phi) is 10.4. The summed E-state index contributed by atoms with van der Waals surface area (Å²) in [7, 11) is 0. The molecule has 3 aliphatic rings. The van der Waals surface area contributed by atoms with Crippen LogP contribution in [0.2, 0.25) is 0 Å². The molecule has 2 nitrogen and oxygen atoms in total. The molecule has 0 atom stereocenters. The predicted molar refractivity (Wildman–Crippen MR) is 143 cm³/mol. The maximum absolute atomic E-state index is 4.41. The Bertz CT molecular complexity index is 804. The van der Waals surface area contributed by atoms with Crippen molar-refractivity contribution in [3.8, 4) is 0 Å². The van der Waals surface area contributed by atoms with E-state index >= 15 is 0 Å². The molecule has 2 fully saturated rings. The van der Waals surface area contributed by atoms with Gasteiger partial charge in [-0.1, -0.05) is 83.7 Å². The number of rotatable bonds is 6. The third-order valence-electron chi connectivity index (χ3n) is 6.80. The van der Waals surface area contributed by atoms with Gasteiger partial charge in [-0.2, -0.15) is 0 Å². The van der Waals surface area contributed by atoms with Gasteiger partial charge in [-0.15, -0.1) is 0 Å². The summed E-state index contributed by atoms with van der Waals surface area (Å²) in [5.41, 5.74) is 7.36. The fourth-order valence-corrected chi connectivity index (χ4v) is 4.78. The predicted octanol–water partition coefficient (Wildman–Crippen LogP) is 8.40. The van der Waals surface area contributed by atoms with Crippen LogP contribution >= 0.6 is 0 Å². The first-order valence-corrected chi connectivity index (χ1v) is 12.7. The molecule has 0 saturated heterocycles. The number of hydrogen-bond acceptors (Lipinski definition) is 2. The van der Waals surface area contributed by atoms with Crippen molar-refractivity contribution in [3.63, 3.8) is 0 Å². The van der Waals surface area contributed by atoms with Crippen LogP contribution in [0, 0.1) is 11.8 Å². The van der Waals surface area contributed by atoms with E-state index in [-0.39, 0.29) is 0 Å². The lowest BCUT2D eigenvalue weighted by Crippen LogP contribution is -2.37. The first-order chi connectivity index (χ1) is 15.4. The molecule has 2 heteroatoms. The molecular weight excluding hydrogens is 388 g/mol. The molecule has 0 spiro atoms. The number of nitrogens with zero attached hydrogens (tertiary/aromatic N) is 1. The number of hydrogen-bond donors (Lipinski definition) is 1. The molecule has 2 aliphatic carbocycles. The molecule has 2 saturated carbocycles. The van der Waals surface area contributed by atoms with Crippen LogP contribution in [0.4, 0.5) is 0 Å². The van der Waals surface area contributed by atoms with Crippen LogP contribution in [0.15, 0.2) is 61.5 Å². The summed E-state index contributed by atoms with van der Waals surface area (Å²) in [4.78, 5) is 2.48. The molecule has 1 N–H and O–H groups in total. The van der Waals surface area contributed by atoms with Crippen molar-refractivity contribution in [2.24, 2.45) is 11.8 Å². The molecule has 0 amide bonds. The van der Waals surface area contributed by atoms with Crippen LogP contribution in [0.5, 0.6) is 0 Å². The molecule has 0 radical (unpaired) electrons. The summed E-state index contributed by atoms with van der Waals surface area (Å²) < 4.78 is 0. The van der Waals surface area contributed by atoms with Crippen LogP contribution in [0.3, 0.4) is 0 Å². The summed E-state index contributed by atoms with van der Waals surface area (Å²) >= 11 is 0. The smallest absolute Gasteiger partial charge is 0.0417 e. The number of allylic oxidation sites excluding steroid dienone is 4. The monoisotopic (exact) mass is 434 g/mol. The number of fused-ring (bicyclic) bond motifs is 1. The largest absolute Gasteiger partial charge is 0.389 e. The Morgan fingerprint density at radius 3 is 2.19 bits per heavy atom. The lowest BCUT2D eigenvalue weighted by molar-refractivity contribution is 0.235. The summed E-state index contributed by atoms with van der Waals surface area (Å²) in [6.07, 6.45) is 11.4. The molecule has 1 aliphatic heterocycles. The third kappa shape index (κ3) is 6.89. The minimum atomic E-state index is 0.594. The Labute approximate surface area is 198 Å². The topological polar surface area (TPSA) is 15.3 Å². The van der Waals surface area contributed by atoms with Gasteiger partial charge in [0, 0.05) is 40.8 Å². The van der Waals surface area contributed by atoms with Gasteiger partial charge in [-0.3, -0.25) is 0 Å². The average molecular weight is 435 g/mol. The van der Waals surface area contributed by atoms with Crippen molar-refractivity contribution in [1.82, 2.24) is 10.2 Å². The van der Waals surface area contributed by atoms with E-state index in [0.717, 1.165) is 29.8 Å². The number of nitrogens with one attached hydrogen (secondary N) is 1. The summed E-state index contributed by atoms with van der Waals surface area (Å²) in [5, 5.41) is 3.22. The summed E-state index contributed by atoms with van der Waals surface area (Å²) in [6.45, 7) is 23.9. The zero-order valence-electron chi connectivity index (χ0n) is 21.3. The maximum atomic E-state index is 4.41. The summed E-state index contributed by atoms with van der Waals surface area (Å²) in [5.74, 6) is 1.91. The molecule has 1 aromatic carbocycles. The average Bonchev–Trinajstić information content (AvgIpc) is 3.62. The van der Waals surface area contributed by atoms with E-state index in [1.165, 1.54) is 67.3 Å². The van der Waals surface area contributed by atoms with Gasteiger partial charge in [0.05, 0.1) is 0 Å². The number of benzene rings is 1. The Morgan fingerprint density at radius 2 is 1.66 bits per heavy atom. The minimum Gasteiger partial charge on any atom is -0.389 e. The first-order valence-electron chi connectivity index (χ1n) is 12.7. The van der Waals surface area contributed by atoms with Crippen LogP contribution in [-0.2, 0) is 0 Å². The van der Waals surface area contributed by atoms with Gasteiger partial charge in [0.25, 0.3) is 0 Å². The van der Waals surface area contributed by atoms with E-state index in [2.05, 4.69) is 68.1 Å². The van der Waals surface area contributed by atoms with E-state index in [0.29, 0.717) is 6.04 Å². The molecule has 32 heavy (non-hydrogen) atoms. The van der Waals surface area contributed by atoms with Crippen molar-refractivity contribution >= 4 is 11.3 Å². The Morgan fingerprint density at radius 1 is 1.06 bits per heavy atom. The first kappa shape index (κ1) is 26.0. The van der Waals surface area contributed by atoms with Gasteiger partial charge in [-0.05, 0) is 63.4 Å². The Balaban J connectivity index is 0.000000277. The fourth-order valence-electron chi connectivity index (χ4n) is 4.78. The second-order valence-electron chi connectivity index (χ2n) is 9.42. The van der Waals surface area contributed by atoms with Gasteiger partial charge < -0.3 is 10.2 Å². The Hall–Kier alpha value is -2.22. The van der Waals surface area contributed by atoms with Crippen molar-refractivity contribution in [2.75, 3.05) is 6.54 Å².